The fourth-order valence-corrected chi connectivity index (χ4v) is 1.97. The summed E-state index contributed by atoms with van der Waals surface area (Å²) in [5, 5.41) is 4.98. The van der Waals surface area contributed by atoms with Gasteiger partial charge in [0.15, 0.2) is 0 Å². The smallest absolute Gasteiger partial charge is 0.227 e. The Hall–Kier alpha value is -2.56. The molecule has 0 spiro atoms. The highest BCUT2D eigenvalue weighted by molar-refractivity contribution is 5.83. The van der Waals surface area contributed by atoms with E-state index in [0.717, 1.165) is 16.5 Å². The Balaban J connectivity index is 1.89. The molecule has 100 valence electrons. The highest BCUT2D eigenvalue weighted by Gasteiger charge is 2.09. The van der Waals surface area contributed by atoms with Gasteiger partial charge < -0.3 is 9.32 Å². The third kappa shape index (κ3) is 2.56. The number of fused-ring (bicyclic) bond motifs is 1. The number of aromatic nitrogens is 3. The van der Waals surface area contributed by atoms with Crippen LogP contribution in [0.25, 0.3) is 22.3 Å². The SMILES string of the molecule is CC(=O)CCc1nc(-c2ccc3ncccc3c2)no1. The number of benzene rings is 1. The zero-order valence-corrected chi connectivity index (χ0v) is 11.0. The van der Waals surface area contributed by atoms with Crippen LogP contribution >= 0.6 is 0 Å². The number of aryl methyl sites for hydroxylation is 1. The zero-order chi connectivity index (χ0) is 13.9. The van der Waals surface area contributed by atoms with Gasteiger partial charge in [0.2, 0.25) is 11.7 Å². The van der Waals surface area contributed by atoms with Crippen LogP contribution in [0.3, 0.4) is 0 Å². The lowest BCUT2D eigenvalue weighted by Crippen LogP contribution is -1.94. The fourth-order valence-electron chi connectivity index (χ4n) is 1.97. The number of ketones is 1. The third-order valence-electron chi connectivity index (χ3n) is 3.02. The largest absolute Gasteiger partial charge is 0.339 e. The lowest BCUT2D eigenvalue weighted by molar-refractivity contribution is -0.117. The topological polar surface area (TPSA) is 68.9 Å². The van der Waals surface area contributed by atoms with Crippen LogP contribution in [0.15, 0.2) is 41.1 Å². The molecule has 1 aromatic carbocycles. The van der Waals surface area contributed by atoms with Gasteiger partial charge in [-0.05, 0) is 31.2 Å². The number of Topliss-reactive ketones (excluding diaryl/α,β-unsaturated/α-hetero) is 1. The summed E-state index contributed by atoms with van der Waals surface area (Å²) in [7, 11) is 0. The van der Waals surface area contributed by atoms with E-state index in [9.17, 15) is 4.79 Å². The Labute approximate surface area is 115 Å². The lowest BCUT2D eigenvalue weighted by Gasteiger charge is -1.98. The molecule has 0 aliphatic carbocycles. The second kappa shape index (κ2) is 5.21. The maximum atomic E-state index is 10.9. The Kier molecular flexibility index (Phi) is 3.25. The van der Waals surface area contributed by atoms with E-state index in [4.69, 9.17) is 4.52 Å². The highest BCUT2D eigenvalue weighted by atomic mass is 16.5. The molecule has 0 aliphatic rings. The number of pyridine rings is 1. The van der Waals surface area contributed by atoms with Crippen molar-refractivity contribution < 1.29 is 9.32 Å². The summed E-state index contributed by atoms with van der Waals surface area (Å²) in [6.07, 6.45) is 2.66. The first-order valence-corrected chi connectivity index (χ1v) is 6.39. The first kappa shape index (κ1) is 12.5. The number of carbonyl (C=O) groups excluding carboxylic acids is 1. The maximum absolute atomic E-state index is 10.9. The molecular weight excluding hydrogens is 254 g/mol. The van der Waals surface area contributed by atoms with Crippen molar-refractivity contribution in [2.24, 2.45) is 0 Å². The summed E-state index contributed by atoms with van der Waals surface area (Å²) in [6, 6.07) is 9.69. The molecule has 0 bridgehead atoms. The molecule has 0 amide bonds. The molecule has 0 aliphatic heterocycles. The summed E-state index contributed by atoms with van der Waals surface area (Å²) in [5.74, 6) is 1.14. The number of hydrogen-bond acceptors (Lipinski definition) is 5. The molecule has 3 aromatic rings. The zero-order valence-electron chi connectivity index (χ0n) is 11.0. The van der Waals surface area contributed by atoms with E-state index in [1.165, 1.54) is 0 Å². The minimum atomic E-state index is 0.113. The van der Waals surface area contributed by atoms with Crippen molar-refractivity contribution in [2.75, 3.05) is 0 Å². The quantitative estimate of drug-likeness (QED) is 0.727. The van der Waals surface area contributed by atoms with Crippen molar-refractivity contribution in [3.05, 3.63) is 42.4 Å². The lowest BCUT2D eigenvalue weighted by atomic mass is 10.1. The van der Waals surface area contributed by atoms with Crippen molar-refractivity contribution >= 4 is 16.7 Å². The van der Waals surface area contributed by atoms with Crippen LogP contribution in [0.1, 0.15) is 19.2 Å². The second-order valence-corrected chi connectivity index (χ2v) is 4.62. The van der Waals surface area contributed by atoms with Crippen LogP contribution in [0.5, 0.6) is 0 Å². The molecule has 0 saturated heterocycles. The number of rotatable bonds is 4. The average Bonchev–Trinajstić information content (AvgIpc) is 2.93. The van der Waals surface area contributed by atoms with Crippen molar-refractivity contribution in [1.29, 1.82) is 0 Å². The summed E-state index contributed by atoms with van der Waals surface area (Å²) >= 11 is 0. The van der Waals surface area contributed by atoms with E-state index in [-0.39, 0.29) is 5.78 Å². The summed E-state index contributed by atoms with van der Waals surface area (Å²) < 4.78 is 5.15. The molecule has 0 fully saturated rings. The normalized spacial score (nSPS) is 10.8. The predicted octanol–water partition coefficient (Wildman–Crippen LogP) is 2.81. The Morgan fingerprint density at radius 3 is 3.05 bits per heavy atom. The summed E-state index contributed by atoms with van der Waals surface area (Å²) in [6.45, 7) is 1.55. The minimum absolute atomic E-state index is 0.113. The summed E-state index contributed by atoms with van der Waals surface area (Å²) in [5.41, 5.74) is 1.81. The van der Waals surface area contributed by atoms with Gasteiger partial charge in [-0.15, -0.1) is 0 Å². The van der Waals surface area contributed by atoms with Crippen LogP contribution in [0.4, 0.5) is 0 Å². The van der Waals surface area contributed by atoms with Gasteiger partial charge in [-0.25, -0.2) is 0 Å². The Morgan fingerprint density at radius 2 is 2.20 bits per heavy atom. The van der Waals surface area contributed by atoms with E-state index < -0.39 is 0 Å². The number of nitrogens with zero attached hydrogens (tertiary/aromatic N) is 3. The molecule has 0 N–H and O–H groups in total. The van der Waals surface area contributed by atoms with Crippen molar-refractivity contribution in [3.63, 3.8) is 0 Å². The molecule has 20 heavy (non-hydrogen) atoms. The molecule has 0 radical (unpaired) electrons. The predicted molar refractivity (Wildman–Crippen MR) is 74.0 cm³/mol. The molecular formula is C15H13N3O2. The molecule has 2 aromatic heterocycles. The molecule has 5 nitrogen and oxygen atoms in total. The maximum Gasteiger partial charge on any atom is 0.227 e. The van der Waals surface area contributed by atoms with Gasteiger partial charge in [0.1, 0.15) is 5.78 Å². The molecule has 3 rings (SSSR count). The van der Waals surface area contributed by atoms with Gasteiger partial charge in [0.25, 0.3) is 0 Å². The average molecular weight is 267 g/mol. The molecule has 2 heterocycles. The highest BCUT2D eigenvalue weighted by Crippen LogP contribution is 2.21. The van der Waals surface area contributed by atoms with Crippen LogP contribution in [-0.2, 0) is 11.2 Å². The second-order valence-electron chi connectivity index (χ2n) is 4.62. The standard InChI is InChI=1S/C15H13N3O2/c1-10(19)4-7-14-17-15(18-20-14)12-5-6-13-11(9-12)3-2-8-16-13/h2-3,5-6,8-9H,4,7H2,1H3. The minimum Gasteiger partial charge on any atom is -0.339 e. The first-order chi connectivity index (χ1) is 9.72. The van der Waals surface area contributed by atoms with Gasteiger partial charge in [-0.2, -0.15) is 4.98 Å². The molecule has 0 saturated carbocycles. The van der Waals surface area contributed by atoms with Crippen LogP contribution < -0.4 is 0 Å². The van der Waals surface area contributed by atoms with Gasteiger partial charge in [0, 0.05) is 30.0 Å². The van der Waals surface area contributed by atoms with Crippen LogP contribution in [-0.4, -0.2) is 20.9 Å². The Morgan fingerprint density at radius 1 is 1.30 bits per heavy atom. The van der Waals surface area contributed by atoms with Crippen molar-refractivity contribution in [3.8, 4) is 11.4 Å². The van der Waals surface area contributed by atoms with Gasteiger partial charge in [0.05, 0.1) is 5.52 Å². The van der Waals surface area contributed by atoms with E-state index in [0.29, 0.717) is 24.6 Å². The van der Waals surface area contributed by atoms with Crippen LogP contribution in [0.2, 0.25) is 0 Å². The van der Waals surface area contributed by atoms with E-state index in [1.54, 1.807) is 13.1 Å². The van der Waals surface area contributed by atoms with Crippen molar-refractivity contribution in [2.45, 2.75) is 19.8 Å². The third-order valence-corrected chi connectivity index (χ3v) is 3.02. The molecule has 0 unspecified atom stereocenters. The first-order valence-electron chi connectivity index (χ1n) is 6.39. The van der Waals surface area contributed by atoms with E-state index in [2.05, 4.69) is 15.1 Å². The Bertz CT molecular complexity index is 764. The number of carbonyl (C=O) groups is 1. The number of hydrogen-bond donors (Lipinski definition) is 0. The van der Waals surface area contributed by atoms with E-state index >= 15 is 0 Å². The molecule has 0 atom stereocenters. The van der Waals surface area contributed by atoms with Gasteiger partial charge in [-0.1, -0.05) is 11.2 Å². The monoisotopic (exact) mass is 267 g/mol. The molecule has 5 heteroatoms. The van der Waals surface area contributed by atoms with Crippen LogP contribution in [0, 0.1) is 0 Å². The summed E-state index contributed by atoms with van der Waals surface area (Å²) in [4.78, 5) is 19.5. The van der Waals surface area contributed by atoms with Gasteiger partial charge in [-0.3, -0.25) is 4.98 Å². The van der Waals surface area contributed by atoms with Gasteiger partial charge >= 0.3 is 0 Å². The van der Waals surface area contributed by atoms with Crippen molar-refractivity contribution in [1.82, 2.24) is 15.1 Å². The fraction of sp³-hybridized carbons (Fsp3) is 0.200. The van der Waals surface area contributed by atoms with E-state index in [1.807, 2.05) is 30.3 Å².